The van der Waals surface area contributed by atoms with Gasteiger partial charge in [0.15, 0.2) is 0 Å². The maximum Gasteiger partial charge on any atom is 0.268 e. The monoisotopic (exact) mass is 282 g/mol. The summed E-state index contributed by atoms with van der Waals surface area (Å²) in [7, 11) is 3.57. The summed E-state index contributed by atoms with van der Waals surface area (Å²) in [5.74, 6) is 0. The van der Waals surface area contributed by atoms with Gasteiger partial charge in [-0.3, -0.25) is 4.79 Å². The molecule has 2 N–H and O–H groups in total. The first-order valence-corrected chi connectivity index (χ1v) is 6.87. The van der Waals surface area contributed by atoms with Crippen molar-refractivity contribution in [1.82, 2.24) is 9.78 Å². The average Bonchev–Trinajstić information content (AvgIpc) is 2.43. The fourth-order valence-corrected chi connectivity index (χ4v) is 1.67. The number of likely N-dealkylation sites (N-methyl/N-ethyl adjacent to an activating group) is 1. The lowest BCUT2D eigenvalue weighted by atomic mass is 9.90. The Kier molecular flexibility index (Phi) is 6.16. The maximum absolute atomic E-state index is 12.0. The zero-order valence-corrected chi connectivity index (χ0v) is 12.9. The van der Waals surface area contributed by atoms with Crippen molar-refractivity contribution in [3.05, 3.63) is 22.6 Å². The molecule has 1 heterocycles. The van der Waals surface area contributed by atoms with Gasteiger partial charge in [0.25, 0.3) is 5.56 Å². The molecular weight excluding hydrogens is 256 g/mol. The molecule has 0 aromatic carbocycles. The van der Waals surface area contributed by atoms with Crippen molar-refractivity contribution in [2.45, 2.75) is 26.8 Å². The van der Waals surface area contributed by atoms with Crippen LogP contribution >= 0.6 is 0 Å². The van der Waals surface area contributed by atoms with Crippen molar-refractivity contribution in [2.24, 2.45) is 11.1 Å². The van der Waals surface area contributed by atoms with E-state index < -0.39 is 0 Å². The van der Waals surface area contributed by atoms with Crippen molar-refractivity contribution in [2.75, 3.05) is 38.8 Å². The number of methoxy groups -OCH3 is 1. The summed E-state index contributed by atoms with van der Waals surface area (Å²) in [6.07, 6.45) is 2.54. The van der Waals surface area contributed by atoms with Gasteiger partial charge in [-0.15, -0.1) is 0 Å². The van der Waals surface area contributed by atoms with Crippen LogP contribution in [0.4, 0.5) is 5.69 Å². The summed E-state index contributed by atoms with van der Waals surface area (Å²) in [6, 6.07) is 1.61. The Morgan fingerprint density at radius 3 is 2.75 bits per heavy atom. The van der Waals surface area contributed by atoms with E-state index in [1.807, 2.05) is 11.9 Å². The van der Waals surface area contributed by atoms with Crippen molar-refractivity contribution in [3.8, 4) is 0 Å². The number of ether oxygens (including phenoxy) is 1. The SMILES string of the molecule is COCCN(C)c1cnn(CCC(C)(C)CN)c(=O)c1. The lowest BCUT2D eigenvalue weighted by molar-refractivity contribution is 0.206. The Morgan fingerprint density at radius 1 is 1.50 bits per heavy atom. The van der Waals surface area contributed by atoms with Gasteiger partial charge in [0.05, 0.1) is 18.5 Å². The van der Waals surface area contributed by atoms with E-state index in [0.717, 1.165) is 18.7 Å². The first-order chi connectivity index (χ1) is 9.39. The minimum Gasteiger partial charge on any atom is -0.383 e. The average molecular weight is 282 g/mol. The second-order valence-corrected chi connectivity index (χ2v) is 5.81. The predicted molar refractivity (Wildman–Crippen MR) is 81.1 cm³/mol. The van der Waals surface area contributed by atoms with Crippen molar-refractivity contribution in [1.29, 1.82) is 0 Å². The molecule has 6 heteroatoms. The highest BCUT2D eigenvalue weighted by Crippen LogP contribution is 2.18. The molecule has 0 aliphatic rings. The fourth-order valence-electron chi connectivity index (χ4n) is 1.67. The van der Waals surface area contributed by atoms with Crippen LogP contribution in [-0.4, -0.2) is 43.6 Å². The molecule has 6 nitrogen and oxygen atoms in total. The highest BCUT2D eigenvalue weighted by molar-refractivity contribution is 5.41. The number of rotatable bonds is 8. The number of hydrogen-bond donors (Lipinski definition) is 1. The lowest BCUT2D eigenvalue weighted by Gasteiger charge is -2.22. The van der Waals surface area contributed by atoms with Crippen LogP contribution in [0.25, 0.3) is 0 Å². The van der Waals surface area contributed by atoms with Gasteiger partial charge in [-0.1, -0.05) is 13.8 Å². The fraction of sp³-hybridized carbons (Fsp3) is 0.714. The van der Waals surface area contributed by atoms with Crippen LogP contribution in [0.1, 0.15) is 20.3 Å². The zero-order valence-electron chi connectivity index (χ0n) is 12.9. The van der Waals surface area contributed by atoms with Gasteiger partial charge in [-0.25, -0.2) is 4.68 Å². The molecule has 0 saturated carbocycles. The molecule has 0 radical (unpaired) electrons. The van der Waals surface area contributed by atoms with Crippen LogP contribution in [0.5, 0.6) is 0 Å². The summed E-state index contributed by atoms with van der Waals surface area (Å²) in [5.41, 5.74) is 6.44. The van der Waals surface area contributed by atoms with Crippen molar-refractivity contribution >= 4 is 5.69 Å². The predicted octanol–water partition coefficient (Wildman–Crippen LogP) is 0.701. The van der Waals surface area contributed by atoms with Crippen LogP contribution in [0.15, 0.2) is 17.1 Å². The molecule has 0 amide bonds. The van der Waals surface area contributed by atoms with E-state index in [9.17, 15) is 4.79 Å². The third-order valence-electron chi connectivity index (χ3n) is 3.48. The summed E-state index contributed by atoms with van der Waals surface area (Å²) in [4.78, 5) is 14.0. The lowest BCUT2D eigenvalue weighted by Crippen LogP contribution is -2.30. The van der Waals surface area contributed by atoms with Crippen LogP contribution in [0.3, 0.4) is 0 Å². The van der Waals surface area contributed by atoms with Crippen LogP contribution in [0.2, 0.25) is 0 Å². The molecule has 0 unspecified atom stereocenters. The molecule has 1 aromatic rings. The Hall–Kier alpha value is -1.40. The van der Waals surface area contributed by atoms with E-state index >= 15 is 0 Å². The number of nitrogens with two attached hydrogens (primary N) is 1. The molecule has 0 spiro atoms. The quantitative estimate of drug-likeness (QED) is 0.760. The molecule has 0 aliphatic carbocycles. The summed E-state index contributed by atoms with van der Waals surface area (Å²) in [6.45, 7) is 6.70. The number of anilines is 1. The molecule has 1 aromatic heterocycles. The minimum absolute atomic E-state index is 0.0229. The van der Waals surface area contributed by atoms with Gasteiger partial charge in [0.1, 0.15) is 0 Å². The highest BCUT2D eigenvalue weighted by Gasteiger charge is 2.16. The third kappa shape index (κ3) is 4.94. The molecule has 0 saturated heterocycles. The van der Waals surface area contributed by atoms with Crippen molar-refractivity contribution < 1.29 is 4.74 Å². The van der Waals surface area contributed by atoms with E-state index in [1.54, 1.807) is 19.4 Å². The smallest absolute Gasteiger partial charge is 0.268 e. The van der Waals surface area contributed by atoms with Gasteiger partial charge in [-0.05, 0) is 18.4 Å². The van der Waals surface area contributed by atoms with Gasteiger partial charge in [0, 0.05) is 33.3 Å². The summed E-state index contributed by atoms with van der Waals surface area (Å²) >= 11 is 0. The first kappa shape index (κ1) is 16.7. The molecule has 20 heavy (non-hydrogen) atoms. The Labute approximate surface area is 120 Å². The number of nitrogens with zero attached hydrogens (tertiary/aromatic N) is 3. The van der Waals surface area contributed by atoms with E-state index in [4.69, 9.17) is 10.5 Å². The van der Waals surface area contributed by atoms with Crippen LogP contribution < -0.4 is 16.2 Å². The molecular formula is C14H26N4O2. The molecule has 0 fully saturated rings. The Morgan fingerprint density at radius 2 is 2.20 bits per heavy atom. The first-order valence-electron chi connectivity index (χ1n) is 6.87. The zero-order chi connectivity index (χ0) is 15.2. The summed E-state index contributed by atoms with van der Waals surface area (Å²) in [5, 5.41) is 4.23. The maximum atomic E-state index is 12.0. The van der Waals surface area contributed by atoms with Crippen LogP contribution in [-0.2, 0) is 11.3 Å². The highest BCUT2D eigenvalue weighted by atomic mass is 16.5. The topological polar surface area (TPSA) is 73.4 Å². The molecule has 114 valence electrons. The number of aromatic nitrogens is 2. The second-order valence-electron chi connectivity index (χ2n) is 5.81. The van der Waals surface area contributed by atoms with E-state index in [0.29, 0.717) is 19.7 Å². The molecule has 0 bridgehead atoms. The van der Waals surface area contributed by atoms with E-state index in [-0.39, 0.29) is 11.0 Å². The number of hydrogen-bond acceptors (Lipinski definition) is 5. The molecule has 1 rings (SSSR count). The standard InChI is InChI=1S/C14H26N4O2/c1-14(2,11-15)5-6-18-13(19)9-12(10-16-18)17(3)7-8-20-4/h9-10H,5-8,11,15H2,1-4H3. The number of aryl methyl sites for hydroxylation is 1. The van der Waals surface area contributed by atoms with Gasteiger partial charge >= 0.3 is 0 Å². The minimum atomic E-state index is -0.0837. The summed E-state index contributed by atoms with van der Waals surface area (Å²) < 4.78 is 6.51. The third-order valence-corrected chi connectivity index (χ3v) is 3.48. The molecule has 0 aliphatic heterocycles. The van der Waals surface area contributed by atoms with E-state index in [2.05, 4.69) is 18.9 Å². The van der Waals surface area contributed by atoms with Gasteiger partial charge in [-0.2, -0.15) is 5.10 Å². The molecule has 0 atom stereocenters. The van der Waals surface area contributed by atoms with Crippen molar-refractivity contribution in [3.63, 3.8) is 0 Å². The van der Waals surface area contributed by atoms with E-state index in [1.165, 1.54) is 4.68 Å². The second kappa shape index (κ2) is 7.40. The van der Waals surface area contributed by atoms with Gasteiger partial charge < -0.3 is 15.4 Å². The Bertz CT molecular complexity index is 470. The normalized spacial score (nSPS) is 11.7. The van der Waals surface area contributed by atoms with Gasteiger partial charge in [0.2, 0.25) is 0 Å². The van der Waals surface area contributed by atoms with Crippen LogP contribution in [0, 0.1) is 5.41 Å². The largest absolute Gasteiger partial charge is 0.383 e. The Balaban J connectivity index is 2.71.